The number of carbonyl (C=O) groups excluding carboxylic acids is 1. The molecule has 0 saturated heterocycles. The summed E-state index contributed by atoms with van der Waals surface area (Å²) in [5.41, 5.74) is -1.18. The molecule has 108 valence electrons. The van der Waals surface area contributed by atoms with E-state index in [1.165, 1.54) is 0 Å². The number of carbonyl (C=O) groups is 2. The van der Waals surface area contributed by atoms with Gasteiger partial charge < -0.3 is 15.5 Å². The van der Waals surface area contributed by atoms with Crippen LogP contribution in [0.5, 0.6) is 0 Å². The zero-order valence-electron chi connectivity index (χ0n) is 11.2. The van der Waals surface area contributed by atoms with E-state index in [0.29, 0.717) is 11.1 Å². The van der Waals surface area contributed by atoms with Crippen LogP contribution in [0.4, 0.5) is 0 Å². The van der Waals surface area contributed by atoms with Crippen LogP contribution in [0.1, 0.15) is 11.1 Å². The molecule has 0 spiro atoms. The van der Waals surface area contributed by atoms with E-state index in [4.69, 9.17) is 5.11 Å². The Bertz CT molecular complexity index is 586. The smallest absolute Gasteiger partial charge is 0.322 e. The number of aliphatic carboxylic acids is 1. The summed E-state index contributed by atoms with van der Waals surface area (Å²) in [6.07, 6.45) is 0. The molecule has 0 radical (unpaired) electrons. The molecule has 2 rings (SSSR count). The lowest BCUT2D eigenvalue weighted by atomic mass is 9.85. The number of benzene rings is 2. The predicted octanol–water partition coefficient (Wildman–Crippen LogP) is 1.12. The van der Waals surface area contributed by atoms with Gasteiger partial charge in [-0.15, -0.1) is 0 Å². The molecular weight excluding hydrogens is 270 g/mol. The van der Waals surface area contributed by atoms with Crippen LogP contribution >= 0.6 is 0 Å². The molecule has 0 aliphatic rings. The Labute approximate surface area is 121 Å². The monoisotopic (exact) mass is 285 g/mol. The number of carboxylic acid groups (broad SMARTS) is 1. The van der Waals surface area contributed by atoms with Gasteiger partial charge in [0.15, 0.2) is 5.60 Å². The zero-order valence-corrected chi connectivity index (χ0v) is 11.2. The third kappa shape index (κ3) is 3.09. The van der Waals surface area contributed by atoms with Gasteiger partial charge in [-0.1, -0.05) is 60.7 Å². The lowest BCUT2D eigenvalue weighted by Crippen LogP contribution is -2.46. The molecule has 0 unspecified atom stereocenters. The molecule has 2 aromatic carbocycles. The SMILES string of the molecule is O=C(O)CNC(=O)C(O)(c1ccccc1)c1ccccc1. The van der Waals surface area contributed by atoms with E-state index in [9.17, 15) is 14.7 Å². The largest absolute Gasteiger partial charge is 0.480 e. The number of hydrogen-bond donors (Lipinski definition) is 3. The number of amides is 1. The Kier molecular flexibility index (Phi) is 4.35. The van der Waals surface area contributed by atoms with Gasteiger partial charge in [-0.3, -0.25) is 9.59 Å². The van der Waals surface area contributed by atoms with E-state index in [2.05, 4.69) is 5.32 Å². The van der Waals surface area contributed by atoms with Gasteiger partial charge in [-0.2, -0.15) is 0 Å². The summed E-state index contributed by atoms with van der Waals surface area (Å²) in [6, 6.07) is 16.8. The summed E-state index contributed by atoms with van der Waals surface area (Å²) in [5, 5.41) is 21.8. The van der Waals surface area contributed by atoms with E-state index in [1.54, 1.807) is 60.7 Å². The van der Waals surface area contributed by atoms with Crippen molar-refractivity contribution in [3.63, 3.8) is 0 Å². The fourth-order valence-electron chi connectivity index (χ4n) is 2.07. The third-order valence-electron chi connectivity index (χ3n) is 3.11. The second kappa shape index (κ2) is 6.19. The van der Waals surface area contributed by atoms with Crippen molar-refractivity contribution in [1.29, 1.82) is 0 Å². The van der Waals surface area contributed by atoms with E-state index >= 15 is 0 Å². The lowest BCUT2D eigenvalue weighted by molar-refractivity contribution is -0.142. The Morgan fingerprint density at radius 1 is 0.905 bits per heavy atom. The van der Waals surface area contributed by atoms with Crippen LogP contribution in [0.2, 0.25) is 0 Å². The molecule has 21 heavy (non-hydrogen) atoms. The molecule has 0 fully saturated rings. The topological polar surface area (TPSA) is 86.6 Å². The molecule has 0 aliphatic carbocycles. The molecule has 0 saturated carbocycles. The Balaban J connectivity index is 2.45. The molecule has 0 aromatic heterocycles. The first-order valence-electron chi connectivity index (χ1n) is 6.38. The van der Waals surface area contributed by atoms with E-state index in [1.807, 2.05) is 0 Å². The highest BCUT2D eigenvalue weighted by Gasteiger charge is 2.39. The molecular formula is C16H15NO4. The number of hydrogen-bond acceptors (Lipinski definition) is 3. The number of rotatable bonds is 5. The third-order valence-corrected chi connectivity index (χ3v) is 3.11. The summed E-state index contributed by atoms with van der Waals surface area (Å²) in [5.74, 6) is -1.95. The molecule has 0 heterocycles. The maximum absolute atomic E-state index is 12.3. The van der Waals surface area contributed by atoms with Crippen LogP contribution in [0.25, 0.3) is 0 Å². The van der Waals surface area contributed by atoms with Crippen molar-refractivity contribution in [2.75, 3.05) is 6.54 Å². The number of nitrogens with one attached hydrogen (secondary N) is 1. The average molecular weight is 285 g/mol. The van der Waals surface area contributed by atoms with Gasteiger partial charge in [0, 0.05) is 0 Å². The average Bonchev–Trinajstić information content (AvgIpc) is 2.53. The van der Waals surface area contributed by atoms with Gasteiger partial charge >= 0.3 is 5.97 Å². The van der Waals surface area contributed by atoms with E-state index < -0.39 is 24.0 Å². The summed E-state index contributed by atoms with van der Waals surface area (Å²) < 4.78 is 0. The van der Waals surface area contributed by atoms with Crippen LogP contribution in [0.3, 0.4) is 0 Å². The highest BCUT2D eigenvalue weighted by atomic mass is 16.4. The second-order valence-electron chi connectivity index (χ2n) is 4.52. The van der Waals surface area contributed by atoms with E-state index in [-0.39, 0.29) is 0 Å². The first kappa shape index (κ1) is 14.7. The number of carboxylic acids is 1. The Morgan fingerprint density at radius 2 is 1.33 bits per heavy atom. The normalized spacial score (nSPS) is 10.9. The molecule has 5 heteroatoms. The zero-order chi connectivity index (χ0) is 15.3. The van der Waals surface area contributed by atoms with Gasteiger partial charge in [-0.25, -0.2) is 0 Å². The van der Waals surface area contributed by atoms with Gasteiger partial charge in [0.1, 0.15) is 6.54 Å². The molecule has 1 amide bonds. The minimum atomic E-state index is -1.93. The predicted molar refractivity (Wildman–Crippen MR) is 76.5 cm³/mol. The van der Waals surface area contributed by atoms with Gasteiger partial charge in [0.05, 0.1) is 0 Å². The Morgan fingerprint density at radius 3 is 1.71 bits per heavy atom. The summed E-state index contributed by atoms with van der Waals surface area (Å²) >= 11 is 0. The van der Waals surface area contributed by atoms with Crippen LogP contribution < -0.4 is 5.32 Å². The summed E-state index contributed by atoms with van der Waals surface area (Å²) in [7, 11) is 0. The Hall–Kier alpha value is -2.66. The molecule has 2 aromatic rings. The van der Waals surface area contributed by atoms with Crippen molar-refractivity contribution in [1.82, 2.24) is 5.32 Å². The van der Waals surface area contributed by atoms with Crippen molar-refractivity contribution in [3.05, 3.63) is 71.8 Å². The van der Waals surface area contributed by atoms with Crippen molar-refractivity contribution < 1.29 is 19.8 Å². The standard InChI is InChI=1S/C16H15NO4/c18-14(19)11-17-15(20)16(21,12-7-3-1-4-8-12)13-9-5-2-6-10-13/h1-10,21H,11H2,(H,17,20)(H,18,19). The first-order valence-corrected chi connectivity index (χ1v) is 6.38. The van der Waals surface area contributed by atoms with Gasteiger partial charge in [0.2, 0.25) is 0 Å². The van der Waals surface area contributed by atoms with Crippen molar-refractivity contribution in [3.8, 4) is 0 Å². The van der Waals surface area contributed by atoms with Gasteiger partial charge in [0.25, 0.3) is 5.91 Å². The second-order valence-corrected chi connectivity index (χ2v) is 4.52. The first-order chi connectivity index (χ1) is 10.0. The van der Waals surface area contributed by atoms with E-state index in [0.717, 1.165) is 0 Å². The summed E-state index contributed by atoms with van der Waals surface area (Å²) in [4.78, 5) is 23.0. The van der Waals surface area contributed by atoms with Gasteiger partial charge in [-0.05, 0) is 11.1 Å². The maximum atomic E-state index is 12.3. The van der Waals surface area contributed by atoms with Crippen molar-refractivity contribution >= 4 is 11.9 Å². The fraction of sp³-hybridized carbons (Fsp3) is 0.125. The molecule has 0 atom stereocenters. The van der Waals surface area contributed by atoms with Crippen LogP contribution in [-0.2, 0) is 15.2 Å². The van der Waals surface area contributed by atoms with Crippen LogP contribution in [0, 0.1) is 0 Å². The summed E-state index contributed by atoms with van der Waals surface area (Å²) in [6.45, 7) is -0.555. The van der Waals surface area contributed by atoms with Crippen molar-refractivity contribution in [2.45, 2.75) is 5.60 Å². The van der Waals surface area contributed by atoms with Crippen molar-refractivity contribution in [2.24, 2.45) is 0 Å². The molecule has 0 bridgehead atoms. The minimum Gasteiger partial charge on any atom is -0.480 e. The fourth-order valence-corrected chi connectivity index (χ4v) is 2.07. The lowest BCUT2D eigenvalue weighted by Gasteiger charge is -2.27. The maximum Gasteiger partial charge on any atom is 0.322 e. The molecule has 3 N–H and O–H groups in total. The van der Waals surface area contributed by atoms with Crippen LogP contribution in [-0.4, -0.2) is 28.6 Å². The highest BCUT2D eigenvalue weighted by Crippen LogP contribution is 2.29. The molecule has 5 nitrogen and oxygen atoms in total. The minimum absolute atomic E-state index is 0.374. The highest BCUT2D eigenvalue weighted by molar-refractivity contribution is 5.91. The molecule has 0 aliphatic heterocycles. The quantitative estimate of drug-likeness (QED) is 0.768. The van der Waals surface area contributed by atoms with Crippen LogP contribution in [0.15, 0.2) is 60.7 Å². The number of aliphatic hydroxyl groups is 1.